The van der Waals surface area contributed by atoms with Crippen molar-refractivity contribution in [1.82, 2.24) is 0 Å². The van der Waals surface area contributed by atoms with Crippen molar-refractivity contribution in [2.45, 2.75) is 77.4 Å². The lowest BCUT2D eigenvalue weighted by atomic mass is 10.1. The van der Waals surface area contributed by atoms with Crippen LogP contribution in [0, 0.1) is 0 Å². The van der Waals surface area contributed by atoms with Gasteiger partial charge >= 0.3 is 0 Å². The van der Waals surface area contributed by atoms with E-state index in [2.05, 4.69) is 44.1 Å². The van der Waals surface area contributed by atoms with Crippen molar-refractivity contribution >= 4 is 8.32 Å². The molecule has 0 bridgehead atoms. The summed E-state index contributed by atoms with van der Waals surface area (Å²) in [6.45, 7) is 13.8. The van der Waals surface area contributed by atoms with Crippen molar-refractivity contribution in [3.63, 3.8) is 0 Å². The Morgan fingerprint density at radius 1 is 0.857 bits per heavy atom. The summed E-state index contributed by atoms with van der Waals surface area (Å²) in [4.78, 5) is 0. The molecule has 0 rings (SSSR count). The SMILES string of the molecule is CC(C)(C)[Si](C)(C)OCCCCCCCCN=NCCO. The van der Waals surface area contributed by atoms with Crippen LogP contribution in [0.2, 0.25) is 18.1 Å². The molecule has 0 saturated heterocycles. The van der Waals surface area contributed by atoms with Gasteiger partial charge in [-0.3, -0.25) is 0 Å². The van der Waals surface area contributed by atoms with Crippen LogP contribution in [0.4, 0.5) is 0 Å². The molecule has 0 aromatic rings. The fourth-order valence-corrected chi connectivity index (χ4v) is 2.81. The van der Waals surface area contributed by atoms with Crippen LogP contribution in [0.25, 0.3) is 0 Å². The van der Waals surface area contributed by atoms with Crippen LogP contribution in [0.15, 0.2) is 10.2 Å². The Morgan fingerprint density at radius 2 is 1.38 bits per heavy atom. The van der Waals surface area contributed by atoms with Crippen LogP contribution in [0.3, 0.4) is 0 Å². The van der Waals surface area contributed by atoms with E-state index in [0.29, 0.717) is 11.6 Å². The van der Waals surface area contributed by atoms with Crippen molar-refractivity contribution in [2.75, 3.05) is 26.3 Å². The van der Waals surface area contributed by atoms with Crippen LogP contribution in [0.1, 0.15) is 59.3 Å². The molecule has 5 heteroatoms. The molecule has 21 heavy (non-hydrogen) atoms. The number of aliphatic hydroxyl groups is 1. The molecule has 0 unspecified atom stereocenters. The normalized spacial score (nSPS) is 13.2. The molecule has 126 valence electrons. The van der Waals surface area contributed by atoms with E-state index < -0.39 is 8.32 Å². The Labute approximate surface area is 132 Å². The van der Waals surface area contributed by atoms with Gasteiger partial charge in [-0.1, -0.05) is 46.5 Å². The number of aliphatic hydroxyl groups excluding tert-OH is 1. The molecule has 0 saturated carbocycles. The van der Waals surface area contributed by atoms with E-state index in [4.69, 9.17) is 9.53 Å². The topological polar surface area (TPSA) is 54.2 Å². The largest absolute Gasteiger partial charge is 0.417 e. The Bertz CT molecular complexity index is 276. The number of unbranched alkanes of at least 4 members (excludes halogenated alkanes) is 5. The Hall–Kier alpha value is -0.263. The third kappa shape index (κ3) is 11.0. The number of azo groups is 1. The maximum Gasteiger partial charge on any atom is 0.191 e. The van der Waals surface area contributed by atoms with E-state index in [1.54, 1.807) is 0 Å². The van der Waals surface area contributed by atoms with Crippen LogP contribution in [-0.4, -0.2) is 39.7 Å². The molecular formula is C16H36N2O2Si. The number of rotatable bonds is 12. The predicted octanol–water partition coefficient (Wildman–Crippen LogP) is 4.79. The molecule has 0 atom stereocenters. The highest BCUT2D eigenvalue weighted by Crippen LogP contribution is 2.36. The number of nitrogens with zero attached hydrogens (tertiary/aromatic N) is 2. The van der Waals surface area contributed by atoms with Crippen molar-refractivity contribution in [3.8, 4) is 0 Å². The van der Waals surface area contributed by atoms with Crippen molar-refractivity contribution in [2.24, 2.45) is 10.2 Å². The Kier molecular flexibility index (Phi) is 11.2. The summed E-state index contributed by atoms with van der Waals surface area (Å²) < 4.78 is 6.17. The first-order valence-corrected chi connectivity index (χ1v) is 11.3. The highest BCUT2D eigenvalue weighted by molar-refractivity contribution is 6.74. The zero-order valence-corrected chi connectivity index (χ0v) is 15.8. The van der Waals surface area contributed by atoms with E-state index in [9.17, 15) is 0 Å². The second kappa shape index (κ2) is 11.3. The molecule has 0 aliphatic heterocycles. The van der Waals surface area contributed by atoms with Crippen LogP contribution < -0.4 is 0 Å². The zero-order valence-electron chi connectivity index (χ0n) is 14.8. The third-order valence-electron chi connectivity index (χ3n) is 4.22. The summed E-state index contributed by atoms with van der Waals surface area (Å²) in [5, 5.41) is 16.7. The van der Waals surface area contributed by atoms with Gasteiger partial charge in [0.25, 0.3) is 0 Å². The molecule has 0 radical (unpaired) electrons. The maximum absolute atomic E-state index is 8.54. The molecule has 4 nitrogen and oxygen atoms in total. The van der Waals surface area contributed by atoms with Crippen LogP contribution in [0.5, 0.6) is 0 Å². The summed E-state index contributed by atoms with van der Waals surface area (Å²) in [7, 11) is -1.54. The van der Waals surface area contributed by atoms with Gasteiger partial charge in [0.1, 0.15) is 0 Å². The fourth-order valence-electron chi connectivity index (χ4n) is 1.72. The van der Waals surface area contributed by atoms with E-state index in [1.807, 2.05) is 0 Å². The second-order valence-electron chi connectivity index (χ2n) is 7.18. The molecule has 0 heterocycles. The lowest BCUT2D eigenvalue weighted by Gasteiger charge is -2.36. The molecule has 0 aliphatic rings. The summed E-state index contributed by atoms with van der Waals surface area (Å²) in [5.74, 6) is 0. The molecule has 1 N–H and O–H groups in total. The fraction of sp³-hybridized carbons (Fsp3) is 1.00. The second-order valence-corrected chi connectivity index (χ2v) is 12.0. The summed E-state index contributed by atoms with van der Waals surface area (Å²) in [5.41, 5.74) is 0. The first-order chi connectivity index (χ1) is 9.81. The van der Waals surface area contributed by atoms with Gasteiger partial charge in [0, 0.05) is 6.61 Å². The lowest BCUT2D eigenvalue weighted by Crippen LogP contribution is -2.40. The highest BCUT2D eigenvalue weighted by Gasteiger charge is 2.36. The average molecular weight is 317 g/mol. The smallest absolute Gasteiger partial charge is 0.191 e. The average Bonchev–Trinajstić information content (AvgIpc) is 2.38. The van der Waals surface area contributed by atoms with E-state index in [0.717, 1.165) is 19.6 Å². The Balaban J connectivity index is 3.38. The number of hydrogen-bond acceptors (Lipinski definition) is 4. The first-order valence-electron chi connectivity index (χ1n) is 8.39. The minimum atomic E-state index is -1.54. The van der Waals surface area contributed by atoms with E-state index in [1.165, 1.54) is 32.1 Å². The monoisotopic (exact) mass is 316 g/mol. The van der Waals surface area contributed by atoms with Crippen molar-refractivity contribution in [1.29, 1.82) is 0 Å². The molecule has 0 spiro atoms. The zero-order chi connectivity index (χ0) is 16.2. The van der Waals surface area contributed by atoms with Crippen LogP contribution >= 0.6 is 0 Å². The summed E-state index contributed by atoms with van der Waals surface area (Å²) in [6, 6.07) is 0. The number of hydrogen-bond donors (Lipinski definition) is 1. The van der Waals surface area contributed by atoms with Gasteiger partial charge in [-0.05, 0) is 31.0 Å². The minimum absolute atomic E-state index is 0.0977. The lowest BCUT2D eigenvalue weighted by molar-refractivity contribution is 0.277. The van der Waals surface area contributed by atoms with Gasteiger partial charge in [-0.2, -0.15) is 10.2 Å². The van der Waals surface area contributed by atoms with E-state index >= 15 is 0 Å². The molecule has 0 aromatic heterocycles. The molecule has 0 aromatic carbocycles. The van der Waals surface area contributed by atoms with Gasteiger partial charge in [0.15, 0.2) is 8.32 Å². The van der Waals surface area contributed by atoms with Crippen LogP contribution in [-0.2, 0) is 4.43 Å². The van der Waals surface area contributed by atoms with Gasteiger partial charge in [-0.25, -0.2) is 0 Å². The van der Waals surface area contributed by atoms with Gasteiger partial charge < -0.3 is 9.53 Å². The first kappa shape index (κ1) is 20.7. The molecule has 0 amide bonds. The maximum atomic E-state index is 8.54. The quantitative estimate of drug-likeness (QED) is 0.319. The van der Waals surface area contributed by atoms with Crippen molar-refractivity contribution in [3.05, 3.63) is 0 Å². The Morgan fingerprint density at radius 3 is 1.95 bits per heavy atom. The molecule has 0 aliphatic carbocycles. The predicted molar refractivity (Wildman–Crippen MR) is 92.5 cm³/mol. The third-order valence-corrected chi connectivity index (χ3v) is 8.76. The van der Waals surface area contributed by atoms with Gasteiger partial charge in [0.2, 0.25) is 0 Å². The van der Waals surface area contributed by atoms with Gasteiger partial charge in [0.05, 0.1) is 19.7 Å². The van der Waals surface area contributed by atoms with Gasteiger partial charge in [-0.15, -0.1) is 0 Å². The molecular weight excluding hydrogens is 280 g/mol. The van der Waals surface area contributed by atoms with Crippen molar-refractivity contribution < 1.29 is 9.53 Å². The summed E-state index contributed by atoms with van der Waals surface area (Å²) >= 11 is 0. The minimum Gasteiger partial charge on any atom is -0.417 e. The molecule has 0 fully saturated rings. The highest BCUT2D eigenvalue weighted by atomic mass is 28.4. The van der Waals surface area contributed by atoms with E-state index in [-0.39, 0.29) is 6.61 Å². The standard InChI is InChI=1S/C16H36N2O2Si/c1-16(2,3)21(4,5)20-15-11-9-7-6-8-10-12-17-18-13-14-19/h19H,6-15H2,1-5H3. The summed E-state index contributed by atoms with van der Waals surface area (Å²) in [6.07, 6.45) is 7.34.